The van der Waals surface area contributed by atoms with Crippen molar-refractivity contribution in [1.82, 2.24) is 14.7 Å². The summed E-state index contributed by atoms with van der Waals surface area (Å²) in [6.07, 6.45) is 0. The fraction of sp³-hybridized carbons (Fsp3) is 0.286. The first-order valence-electron chi connectivity index (χ1n) is 6.54. The normalized spacial score (nSPS) is 15.3. The fourth-order valence-electron chi connectivity index (χ4n) is 2.25. The topological polar surface area (TPSA) is 73.4 Å². The Morgan fingerprint density at radius 2 is 1.90 bits per heavy atom. The first-order chi connectivity index (χ1) is 9.75. The van der Waals surface area contributed by atoms with Gasteiger partial charge in [0.25, 0.3) is 0 Å². The van der Waals surface area contributed by atoms with Crippen molar-refractivity contribution in [2.24, 2.45) is 0 Å². The highest BCUT2D eigenvalue weighted by Crippen LogP contribution is 2.22. The van der Waals surface area contributed by atoms with E-state index in [1.807, 2.05) is 30.3 Å². The zero-order valence-corrected chi connectivity index (χ0v) is 11.0. The third kappa shape index (κ3) is 2.37. The third-order valence-corrected chi connectivity index (χ3v) is 3.26. The Labute approximate surface area is 116 Å². The van der Waals surface area contributed by atoms with Crippen LogP contribution in [0, 0.1) is 0 Å². The summed E-state index contributed by atoms with van der Waals surface area (Å²) in [6.45, 7) is 2.27. The summed E-state index contributed by atoms with van der Waals surface area (Å²) < 4.78 is 6.63. The van der Waals surface area contributed by atoms with Crippen molar-refractivity contribution in [3.63, 3.8) is 0 Å². The van der Waals surface area contributed by atoms with Gasteiger partial charge in [0, 0.05) is 24.7 Å². The molecule has 1 amide bonds. The summed E-state index contributed by atoms with van der Waals surface area (Å²) >= 11 is 0. The molecule has 0 radical (unpaired) electrons. The average molecular weight is 272 g/mol. The second-order valence-electron chi connectivity index (χ2n) is 4.61. The molecule has 20 heavy (non-hydrogen) atoms. The Hall–Kier alpha value is -2.34. The maximum Gasteiger partial charge on any atom is 0.345 e. The van der Waals surface area contributed by atoms with E-state index < -0.39 is 0 Å². The molecule has 104 valence electrons. The Balaban J connectivity index is 1.95. The number of ether oxygens (including phenoxy) is 1. The fourth-order valence-corrected chi connectivity index (χ4v) is 2.25. The van der Waals surface area contributed by atoms with E-state index in [0.717, 1.165) is 5.56 Å². The third-order valence-electron chi connectivity index (χ3n) is 3.26. The van der Waals surface area contributed by atoms with Crippen LogP contribution in [0.1, 0.15) is 0 Å². The van der Waals surface area contributed by atoms with Crippen molar-refractivity contribution >= 4 is 11.8 Å². The van der Waals surface area contributed by atoms with Crippen LogP contribution in [0.5, 0.6) is 0 Å². The first kappa shape index (κ1) is 12.7. The molecule has 6 heteroatoms. The molecule has 1 aromatic carbocycles. The van der Waals surface area contributed by atoms with E-state index in [4.69, 9.17) is 10.5 Å². The van der Waals surface area contributed by atoms with Gasteiger partial charge in [-0.2, -0.15) is 4.68 Å². The van der Waals surface area contributed by atoms with Crippen LogP contribution in [0.15, 0.2) is 36.4 Å². The Kier molecular flexibility index (Phi) is 3.39. The number of nitrogens with zero attached hydrogens (tertiary/aromatic N) is 3. The monoisotopic (exact) mass is 272 g/mol. The molecule has 0 spiro atoms. The van der Waals surface area contributed by atoms with Gasteiger partial charge in [-0.15, -0.1) is 5.10 Å². The molecule has 3 rings (SSSR count). The second kappa shape index (κ2) is 5.34. The number of anilines is 1. The lowest BCUT2D eigenvalue weighted by Gasteiger charge is -2.26. The van der Waals surface area contributed by atoms with Gasteiger partial charge in [0.05, 0.1) is 18.9 Å². The van der Waals surface area contributed by atoms with Crippen LogP contribution < -0.4 is 5.73 Å². The molecule has 1 fully saturated rings. The number of carbonyl (C=O) groups excluding carboxylic acids is 1. The summed E-state index contributed by atoms with van der Waals surface area (Å²) in [5, 5.41) is 4.12. The molecule has 1 aliphatic rings. The first-order valence-corrected chi connectivity index (χ1v) is 6.54. The molecule has 1 aliphatic heterocycles. The van der Waals surface area contributed by atoms with Gasteiger partial charge in [-0.05, 0) is 0 Å². The lowest BCUT2D eigenvalue weighted by atomic mass is 10.1. The second-order valence-corrected chi connectivity index (χ2v) is 4.61. The molecule has 0 unspecified atom stereocenters. The van der Waals surface area contributed by atoms with E-state index in [-0.39, 0.29) is 6.03 Å². The van der Waals surface area contributed by atoms with Crippen LogP contribution in [-0.4, -0.2) is 47.0 Å². The summed E-state index contributed by atoms with van der Waals surface area (Å²) in [4.78, 5) is 14.2. The number of benzene rings is 1. The maximum atomic E-state index is 12.5. The van der Waals surface area contributed by atoms with Crippen LogP contribution in [0.2, 0.25) is 0 Å². The summed E-state index contributed by atoms with van der Waals surface area (Å²) in [7, 11) is 0. The van der Waals surface area contributed by atoms with Crippen LogP contribution >= 0.6 is 0 Å². The predicted molar refractivity (Wildman–Crippen MR) is 75.3 cm³/mol. The zero-order chi connectivity index (χ0) is 13.9. The minimum Gasteiger partial charge on any atom is -0.382 e. The van der Waals surface area contributed by atoms with Crippen molar-refractivity contribution in [1.29, 1.82) is 0 Å². The summed E-state index contributed by atoms with van der Waals surface area (Å²) in [5.74, 6) is 0.338. The van der Waals surface area contributed by atoms with Crippen LogP contribution in [0.25, 0.3) is 11.3 Å². The van der Waals surface area contributed by atoms with E-state index >= 15 is 0 Å². The molecule has 0 atom stereocenters. The van der Waals surface area contributed by atoms with E-state index in [1.165, 1.54) is 4.68 Å². The largest absolute Gasteiger partial charge is 0.382 e. The maximum absolute atomic E-state index is 12.5. The van der Waals surface area contributed by atoms with E-state index in [1.54, 1.807) is 11.0 Å². The number of hydrogen-bond acceptors (Lipinski definition) is 4. The van der Waals surface area contributed by atoms with Crippen molar-refractivity contribution < 1.29 is 9.53 Å². The Bertz CT molecular complexity index is 603. The van der Waals surface area contributed by atoms with Gasteiger partial charge in [-0.25, -0.2) is 4.79 Å². The number of carbonyl (C=O) groups is 1. The molecule has 0 bridgehead atoms. The standard InChI is InChI=1S/C14H16N4O2/c15-13-10-12(11-4-2-1-3-5-11)18(16-13)14(19)17-6-8-20-9-7-17/h1-5,10H,6-9H2,(H2,15,16). The number of nitrogen functional groups attached to an aromatic ring is 1. The summed E-state index contributed by atoms with van der Waals surface area (Å²) in [6, 6.07) is 11.2. The molecular weight excluding hydrogens is 256 g/mol. The Morgan fingerprint density at radius 3 is 2.60 bits per heavy atom. The zero-order valence-electron chi connectivity index (χ0n) is 11.0. The molecule has 2 heterocycles. The van der Waals surface area contributed by atoms with Crippen molar-refractivity contribution in [2.45, 2.75) is 0 Å². The minimum atomic E-state index is -0.163. The highest BCUT2D eigenvalue weighted by atomic mass is 16.5. The van der Waals surface area contributed by atoms with Gasteiger partial charge in [0.2, 0.25) is 0 Å². The van der Waals surface area contributed by atoms with E-state index in [2.05, 4.69) is 5.10 Å². The molecule has 0 saturated carbocycles. The van der Waals surface area contributed by atoms with E-state index in [0.29, 0.717) is 37.8 Å². The van der Waals surface area contributed by atoms with Crippen LogP contribution in [0.4, 0.5) is 10.6 Å². The van der Waals surface area contributed by atoms with Gasteiger partial charge in [0.15, 0.2) is 0 Å². The van der Waals surface area contributed by atoms with Crippen molar-refractivity contribution in [2.75, 3.05) is 32.0 Å². The lowest BCUT2D eigenvalue weighted by molar-refractivity contribution is 0.0530. The highest BCUT2D eigenvalue weighted by molar-refractivity contribution is 5.82. The van der Waals surface area contributed by atoms with Crippen molar-refractivity contribution in [3.05, 3.63) is 36.4 Å². The SMILES string of the molecule is Nc1cc(-c2ccccc2)n(C(=O)N2CCOCC2)n1. The number of rotatable bonds is 1. The molecular formula is C14H16N4O2. The summed E-state index contributed by atoms with van der Waals surface area (Å²) in [5.41, 5.74) is 7.38. The van der Waals surface area contributed by atoms with Gasteiger partial charge < -0.3 is 15.4 Å². The van der Waals surface area contributed by atoms with Crippen molar-refractivity contribution in [3.8, 4) is 11.3 Å². The number of nitrogens with two attached hydrogens (primary N) is 1. The highest BCUT2D eigenvalue weighted by Gasteiger charge is 2.22. The molecule has 2 aromatic rings. The molecule has 0 aliphatic carbocycles. The minimum absolute atomic E-state index is 0.163. The van der Waals surface area contributed by atoms with Crippen LogP contribution in [-0.2, 0) is 4.74 Å². The van der Waals surface area contributed by atoms with Gasteiger partial charge in [-0.1, -0.05) is 30.3 Å². The van der Waals surface area contributed by atoms with Gasteiger partial charge >= 0.3 is 6.03 Å². The Morgan fingerprint density at radius 1 is 1.20 bits per heavy atom. The molecule has 6 nitrogen and oxygen atoms in total. The quantitative estimate of drug-likeness (QED) is 0.852. The number of hydrogen-bond donors (Lipinski definition) is 1. The van der Waals surface area contributed by atoms with E-state index in [9.17, 15) is 4.79 Å². The molecule has 1 aromatic heterocycles. The smallest absolute Gasteiger partial charge is 0.345 e. The lowest BCUT2D eigenvalue weighted by Crippen LogP contribution is -2.43. The molecule has 1 saturated heterocycles. The number of aromatic nitrogens is 2. The predicted octanol–water partition coefficient (Wildman–Crippen LogP) is 1.43. The number of amides is 1. The van der Waals surface area contributed by atoms with Gasteiger partial charge in [0.1, 0.15) is 5.82 Å². The number of morpholine rings is 1. The average Bonchev–Trinajstić information content (AvgIpc) is 2.90. The molecule has 2 N–H and O–H groups in total. The van der Waals surface area contributed by atoms with Gasteiger partial charge in [-0.3, -0.25) is 0 Å². The van der Waals surface area contributed by atoms with Crippen LogP contribution in [0.3, 0.4) is 0 Å².